The molecule has 0 aromatic heterocycles. The Bertz CT molecular complexity index is 863. The Morgan fingerprint density at radius 3 is 2.15 bits per heavy atom. The fourth-order valence-corrected chi connectivity index (χ4v) is 4.64. The highest BCUT2D eigenvalue weighted by Crippen LogP contribution is 2.38. The minimum absolute atomic E-state index is 0.0184. The van der Waals surface area contributed by atoms with E-state index in [-0.39, 0.29) is 24.4 Å². The van der Waals surface area contributed by atoms with Gasteiger partial charge in [0, 0.05) is 13.1 Å². The second-order valence-corrected chi connectivity index (χ2v) is 9.71. The van der Waals surface area contributed by atoms with E-state index in [0.29, 0.717) is 6.92 Å². The summed E-state index contributed by atoms with van der Waals surface area (Å²) in [6, 6.07) is 3.72. The monoisotopic (exact) mass is 417 g/mol. The Balaban J connectivity index is 2.21. The summed E-state index contributed by atoms with van der Waals surface area (Å²) in [6.07, 6.45) is -4.70. The molecule has 2 atom stereocenters. The Kier molecular flexibility index (Phi) is 5.48. The lowest BCUT2D eigenvalue weighted by molar-refractivity contribution is -0.258. The summed E-state index contributed by atoms with van der Waals surface area (Å²) in [5, 5.41) is 9.61. The molecule has 1 heterocycles. The number of halogens is 3. The van der Waals surface area contributed by atoms with E-state index >= 15 is 0 Å². The van der Waals surface area contributed by atoms with Crippen molar-refractivity contribution >= 4 is 20.1 Å². The van der Waals surface area contributed by atoms with E-state index in [0.717, 1.165) is 34.8 Å². The number of nitrogens with zero attached hydrogens (tertiary/aromatic N) is 1. The summed E-state index contributed by atoms with van der Waals surface area (Å²) in [5.74, 6) is 0. The second-order valence-electron chi connectivity index (χ2n) is 6.17. The molecule has 1 saturated heterocycles. The van der Waals surface area contributed by atoms with Gasteiger partial charge in [-0.25, -0.2) is 8.42 Å². The van der Waals surface area contributed by atoms with Crippen LogP contribution in [0.15, 0.2) is 29.2 Å². The number of hydrogen-bond acceptors (Lipinski definition) is 6. The highest BCUT2D eigenvalue weighted by molar-refractivity contribution is 7.89. The van der Waals surface area contributed by atoms with Gasteiger partial charge in [0.15, 0.2) is 5.60 Å². The molecule has 1 fully saturated rings. The summed E-state index contributed by atoms with van der Waals surface area (Å²) in [7, 11) is -7.76. The van der Waals surface area contributed by atoms with Crippen molar-refractivity contribution in [3.05, 3.63) is 29.8 Å². The minimum atomic E-state index is -4.92. The standard InChI is InChI=1S/C14H18F3NO6S2/c1-13(19,14(15,16)17)10-3-5-12(6-4-10)26(22,23)18-8-7-11(9-18)24-25(2,20)21/h3-6,11,19H,7-9H2,1-2H3/t11-,13?/m0/s1. The van der Waals surface area contributed by atoms with Gasteiger partial charge in [0.1, 0.15) is 0 Å². The van der Waals surface area contributed by atoms with Crippen LogP contribution in [0.25, 0.3) is 0 Å². The first-order chi connectivity index (χ1) is 11.6. The lowest BCUT2D eigenvalue weighted by Gasteiger charge is -2.27. The first kappa shape index (κ1) is 21.1. The zero-order chi connectivity index (χ0) is 20.0. The molecule has 1 aromatic rings. The molecule has 1 N–H and O–H groups in total. The van der Waals surface area contributed by atoms with Gasteiger partial charge in [0.2, 0.25) is 10.0 Å². The van der Waals surface area contributed by atoms with Crippen LogP contribution < -0.4 is 0 Å². The van der Waals surface area contributed by atoms with E-state index in [4.69, 9.17) is 4.18 Å². The third kappa shape index (κ3) is 4.36. The first-order valence-electron chi connectivity index (χ1n) is 7.42. The van der Waals surface area contributed by atoms with Gasteiger partial charge in [-0.1, -0.05) is 12.1 Å². The Morgan fingerprint density at radius 2 is 1.69 bits per heavy atom. The van der Waals surface area contributed by atoms with Gasteiger partial charge in [-0.2, -0.15) is 25.9 Å². The molecule has 0 saturated carbocycles. The first-order valence-corrected chi connectivity index (χ1v) is 10.7. The third-order valence-electron chi connectivity index (χ3n) is 4.02. The van der Waals surface area contributed by atoms with Gasteiger partial charge in [-0.05, 0) is 31.0 Å². The number of alkyl halides is 3. The molecule has 2 rings (SSSR count). The van der Waals surface area contributed by atoms with Crippen LogP contribution in [-0.2, 0) is 29.9 Å². The molecule has 0 aliphatic carbocycles. The van der Waals surface area contributed by atoms with Crippen molar-refractivity contribution in [1.29, 1.82) is 0 Å². The van der Waals surface area contributed by atoms with Crippen molar-refractivity contribution in [1.82, 2.24) is 4.31 Å². The van der Waals surface area contributed by atoms with Gasteiger partial charge in [0.05, 0.1) is 17.3 Å². The number of sulfonamides is 1. The summed E-state index contributed by atoms with van der Waals surface area (Å²) in [6.45, 7) is 0.409. The number of benzene rings is 1. The average Bonchev–Trinajstić information content (AvgIpc) is 2.93. The number of rotatable bonds is 5. The van der Waals surface area contributed by atoms with E-state index < -0.39 is 43.6 Å². The molecule has 148 valence electrons. The van der Waals surface area contributed by atoms with E-state index in [9.17, 15) is 35.1 Å². The Hall–Kier alpha value is -1.21. The quantitative estimate of drug-likeness (QED) is 0.723. The summed E-state index contributed by atoms with van der Waals surface area (Å²) >= 11 is 0. The molecule has 26 heavy (non-hydrogen) atoms. The van der Waals surface area contributed by atoms with Crippen LogP contribution in [0, 0.1) is 0 Å². The number of hydrogen-bond donors (Lipinski definition) is 1. The van der Waals surface area contributed by atoms with Crippen molar-refractivity contribution in [2.24, 2.45) is 0 Å². The van der Waals surface area contributed by atoms with Crippen LogP contribution in [0.5, 0.6) is 0 Å². The normalized spacial score (nSPS) is 22.3. The average molecular weight is 417 g/mol. The van der Waals surface area contributed by atoms with Gasteiger partial charge in [-0.15, -0.1) is 0 Å². The van der Waals surface area contributed by atoms with Crippen LogP contribution in [-0.4, -0.2) is 57.9 Å². The van der Waals surface area contributed by atoms with Crippen LogP contribution in [0.4, 0.5) is 13.2 Å². The van der Waals surface area contributed by atoms with E-state index in [1.54, 1.807) is 0 Å². The summed E-state index contributed by atoms with van der Waals surface area (Å²) < 4.78 is 91.6. The minimum Gasteiger partial charge on any atom is -0.376 e. The molecular formula is C14H18F3NO6S2. The van der Waals surface area contributed by atoms with Crippen molar-refractivity contribution in [2.45, 2.75) is 36.1 Å². The lowest BCUT2D eigenvalue weighted by Crippen LogP contribution is -2.39. The van der Waals surface area contributed by atoms with E-state index in [1.807, 2.05) is 0 Å². The molecule has 0 bridgehead atoms. The zero-order valence-corrected chi connectivity index (χ0v) is 15.5. The van der Waals surface area contributed by atoms with Crippen LogP contribution in [0.3, 0.4) is 0 Å². The predicted molar refractivity (Wildman–Crippen MR) is 85.2 cm³/mol. The fourth-order valence-electron chi connectivity index (χ4n) is 2.51. The van der Waals surface area contributed by atoms with Crippen LogP contribution in [0.2, 0.25) is 0 Å². The fraction of sp³-hybridized carbons (Fsp3) is 0.571. The largest absolute Gasteiger partial charge is 0.421 e. The molecular weight excluding hydrogens is 399 g/mol. The van der Waals surface area contributed by atoms with E-state index in [2.05, 4.69) is 0 Å². The Morgan fingerprint density at radius 1 is 1.15 bits per heavy atom. The Labute approximate surface area is 149 Å². The molecule has 1 aliphatic heterocycles. The van der Waals surface area contributed by atoms with Gasteiger partial charge in [-0.3, -0.25) is 4.18 Å². The van der Waals surface area contributed by atoms with E-state index in [1.165, 1.54) is 0 Å². The highest BCUT2D eigenvalue weighted by atomic mass is 32.2. The molecule has 1 unspecified atom stereocenters. The van der Waals surface area contributed by atoms with Gasteiger partial charge in [0.25, 0.3) is 10.1 Å². The van der Waals surface area contributed by atoms with Gasteiger partial charge < -0.3 is 5.11 Å². The summed E-state index contributed by atoms with van der Waals surface area (Å²) in [4.78, 5) is -0.265. The smallest absolute Gasteiger partial charge is 0.376 e. The maximum atomic E-state index is 12.8. The maximum Gasteiger partial charge on any atom is 0.421 e. The van der Waals surface area contributed by atoms with Crippen LogP contribution >= 0.6 is 0 Å². The van der Waals surface area contributed by atoms with Crippen molar-refractivity contribution < 1.29 is 39.3 Å². The SMILES string of the molecule is CC(O)(c1ccc(S(=O)(=O)N2CC[C@H](OS(C)(=O)=O)C2)cc1)C(F)(F)F. The maximum absolute atomic E-state index is 12.8. The zero-order valence-electron chi connectivity index (χ0n) is 13.9. The molecule has 0 amide bonds. The summed E-state index contributed by atoms with van der Waals surface area (Å²) in [5.41, 5.74) is -3.61. The highest BCUT2D eigenvalue weighted by Gasteiger charge is 2.51. The second kappa shape index (κ2) is 6.75. The number of aliphatic hydroxyl groups is 1. The molecule has 0 radical (unpaired) electrons. The molecule has 1 aliphatic rings. The van der Waals surface area contributed by atoms with Crippen molar-refractivity contribution in [3.63, 3.8) is 0 Å². The topological polar surface area (TPSA) is 101 Å². The predicted octanol–water partition coefficient (Wildman–Crippen LogP) is 1.20. The molecule has 7 nitrogen and oxygen atoms in total. The lowest BCUT2D eigenvalue weighted by atomic mass is 9.96. The molecule has 1 aromatic carbocycles. The van der Waals surface area contributed by atoms with Crippen molar-refractivity contribution in [2.75, 3.05) is 19.3 Å². The van der Waals surface area contributed by atoms with Gasteiger partial charge >= 0.3 is 6.18 Å². The molecule has 12 heteroatoms. The third-order valence-corrected chi connectivity index (χ3v) is 6.53. The van der Waals surface area contributed by atoms with Crippen molar-refractivity contribution in [3.8, 4) is 0 Å². The molecule has 0 spiro atoms. The van der Waals surface area contributed by atoms with Crippen LogP contribution in [0.1, 0.15) is 18.9 Å².